The van der Waals surface area contributed by atoms with E-state index in [2.05, 4.69) is 20.2 Å². The normalized spacial score (nSPS) is 8.81. The number of carboxylic acid groups (broad SMARTS) is 1. The third-order valence-electron chi connectivity index (χ3n) is 1.27. The minimum absolute atomic E-state index is 0.0272. The zero-order chi connectivity index (χ0) is 12.7. The summed E-state index contributed by atoms with van der Waals surface area (Å²) >= 11 is 8.19. The first kappa shape index (κ1) is 15.2. The predicted molar refractivity (Wildman–Crippen MR) is 60.0 cm³/mol. The molecule has 0 fully saturated rings. The molecule has 6 nitrogen and oxygen atoms in total. The van der Waals surface area contributed by atoms with E-state index in [1.54, 1.807) is 12.1 Å². The fourth-order valence-electron chi connectivity index (χ4n) is 0.756. The highest BCUT2D eigenvalue weighted by Gasteiger charge is 2.13. The molecule has 0 aromatic heterocycles. The summed E-state index contributed by atoms with van der Waals surface area (Å²) in [7, 11) is -2.17. The van der Waals surface area contributed by atoms with Gasteiger partial charge in [0.2, 0.25) is 0 Å². The molecule has 0 amide bonds. The lowest BCUT2D eigenvalue weighted by atomic mass is 10.2. The number of rotatable bonds is 2. The van der Waals surface area contributed by atoms with E-state index >= 15 is 0 Å². The van der Waals surface area contributed by atoms with Crippen LogP contribution in [0.2, 0.25) is 0 Å². The first-order chi connectivity index (χ1) is 7.40. The Bertz CT molecular complexity index is 358. The molecule has 0 saturated carbocycles. The van der Waals surface area contributed by atoms with Gasteiger partial charge in [0.15, 0.2) is 5.75 Å². The molecule has 0 saturated heterocycles. The standard InChI is InChI=1S/C7H4BrClO3.BH3O3/c8-5-3-1-2-4(7(10)11)6(5)12-9;2-1(3)4/h1-3H,(H,10,11);2-4H. The van der Waals surface area contributed by atoms with Crippen LogP contribution >= 0.6 is 27.8 Å². The topological polar surface area (TPSA) is 107 Å². The first-order valence-corrected chi connectivity index (χ1v) is 4.85. The number of hydrogen-bond donors (Lipinski definition) is 4. The molecule has 0 atom stereocenters. The van der Waals surface area contributed by atoms with Gasteiger partial charge in [-0.25, -0.2) is 4.79 Å². The molecule has 0 aliphatic carbocycles. The van der Waals surface area contributed by atoms with E-state index in [0.717, 1.165) is 0 Å². The highest BCUT2D eigenvalue weighted by atomic mass is 79.9. The molecule has 4 N–H and O–H groups in total. The Balaban J connectivity index is 0.000000487. The summed E-state index contributed by atoms with van der Waals surface area (Å²) in [4.78, 5) is 10.6. The van der Waals surface area contributed by atoms with Crippen molar-refractivity contribution in [1.82, 2.24) is 0 Å². The lowest BCUT2D eigenvalue weighted by Gasteiger charge is -2.02. The molecular formula is C7H7BBrClO6. The van der Waals surface area contributed by atoms with Crippen molar-refractivity contribution in [2.75, 3.05) is 0 Å². The molecule has 0 aliphatic heterocycles. The second kappa shape index (κ2) is 7.47. The largest absolute Gasteiger partial charge is 0.631 e. The van der Waals surface area contributed by atoms with E-state index in [9.17, 15) is 4.79 Å². The Morgan fingerprint density at radius 3 is 2.19 bits per heavy atom. The Labute approximate surface area is 105 Å². The fraction of sp³-hybridized carbons (Fsp3) is 0. The van der Waals surface area contributed by atoms with Crippen molar-refractivity contribution < 1.29 is 29.3 Å². The molecule has 0 heterocycles. The Hall–Kier alpha value is -0.795. The number of carboxylic acids is 1. The van der Waals surface area contributed by atoms with Crippen LogP contribution in [0.1, 0.15) is 10.4 Å². The SMILES string of the molecule is O=C(O)c1cccc(Br)c1OCl.OB(O)O. The summed E-state index contributed by atoms with van der Waals surface area (Å²) in [5.74, 6) is -0.960. The van der Waals surface area contributed by atoms with Gasteiger partial charge >= 0.3 is 13.3 Å². The summed E-state index contributed by atoms with van der Waals surface area (Å²) in [6, 6.07) is 4.64. The third-order valence-corrected chi connectivity index (χ3v) is 2.05. The van der Waals surface area contributed by atoms with Gasteiger partial charge in [0, 0.05) is 0 Å². The van der Waals surface area contributed by atoms with Crippen molar-refractivity contribution in [2.45, 2.75) is 0 Å². The van der Waals surface area contributed by atoms with Gasteiger partial charge in [-0.1, -0.05) is 6.07 Å². The molecule has 9 heteroatoms. The highest BCUT2D eigenvalue weighted by molar-refractivity contribution is 9.10. The molecule has 0 bridgehead atoms. The number of hydrogen-bond acceptors (Lipinski definition) is 5. The van der Waals surface area contributed by atoms with Crippen LogP contribution in [0.15, 0.2) is 22.7 Å². The van der Waals surface area contributed by atoms with Crippen LogP contribution in [-0.2, 0) is 0 Å². The van der Waals surface area contributed by atoms with E-state index in [0.29, 0.717) is 4.47 Å². The minimum Gasteiger partial charge on any atom is -0.478 e. The summed E-state index contributed by atoms with van der Waals surface area (Å²) < 4.78 is 4.89. The average Bonchev–Trinajstić information content (AvgIpc) is 2.16. The smallest absolute Gasteiger partial charge is 0.478 e. The summed E-state index contributed by atoms with van der Waals surface area (Å²) in [5.41, 5.74) is 0.0272. The van der Waals surface area contributed by atoms with Gasteiger partial charge in [0.25, 0.3) is 0 Å². The molecule has 1 aromatic carbocycles. The van der Waals surface area contributed by atoms with Crippen molar-refractivity contribution >= 4 is 41.1 Å². The van der Waals surface area contributed by atoms with Crippen molar-refractivity contribution in [1.29, 1.82) is 0 Å². The summed E-state index contributed by atoms with van der Waals surface area (Å²) in [6.45, 7) is 0. The van der Waals surface area contributed by atoms with Crippen molar-refractivity contribution in [3.63, 3.8) is 0 Å². The molecule has 1 rings (SSSR count). The highest BCUT2D eigenvalue weighted by Crippen LogP contribution is 2.29. The number of para-hydroxylation sites is 1. The van der Waals surface area contributed by atoms with Gasteiger partial charge in [-0.15, -0.1) is 0 Å². The van der Waals surface area contributed by atoms with Gasteiger partial charge in [-0.05, 0) is 28.1 Å². The van der Waals surface area contributed by atoms with E-state index in [-0.39, 0.29) is 11.3 Å². The van der Waals surface area contributed by atoms with E-state index in [1.807, 2.05) is 0 Å². The van der Waals surface area contributed by atoms with Crippen LogP contribution in [0.5, 0.6) is 5.75 Å². The average molecular weight is 313 g/mol. The summed E-state index contributed by atoms with van der Waals surface area (Å²) in [5, 5.41) is 30.2. The zero-order valence-corrected chi connectivity index (χ0v) is 10.0. The molecule has 16 heavy (non-hydrogen) atoms. The third kappa shape index (κ3) is 5.33. The molecular weight excluding hydrogens is 306 g/mol. The fourth-order valence-corrected chi connectivity index (χ4v) is 1.46. The van der Waals surface area contributed by atoms with Crippen molar-refractivity contribution in [2.24, 2.45) is 0 Å². The maximum atomic E-state index is 10.6. The molecule has 1 aromatic rings. The maximum Gasteiger partial charge on any atom is 0.631 e. The van der Waals surface area contributed by atoms with E-state index in [1.165, 1.54) is 6.07 Å². The van der Waals surface area contributed by atoms with Crippen molar-refractivity contribution in [3.8, 4) is 5.75 Å². The lowest BCUT2D eigenvalue weighted by molar-refractivity contribution is 0.0695. The van der Waals surface area contributed by atoms with Gasteiger partial charge in [0.1, 0.15) is 17.4 Å². The first-order valence-electron chi connectivity index (χ1n) is 3.74. The maximum absolute atomic E-state index is 10.6. The number of benzene rings is 1. The van der Waals surface area contributed by atoms with Gasteiger partial charge in [-0.2, -0.15) is 0 Å². The molecule has 0 unspecified atom stereocenters. The van der Waals surface area contributed by atoms with Crippen LogP contribution < -0.4 is 4.29 Å². The number of aromatic carboxylic acids is 1. The zero-order valence-electron chi connectivity index (χ0n) is 7.67. The lowest BCUT2D eigenvalue weighted by Crippen LogP contribution is -2.07. The van der Waals surface area contributed by atoms with Crippen LogP contribution in [0, 0.1) is 0 Å². The van der Waals surface area contributed by atoms with E-state index in [4.69, 9.17) is 32.0 Å². The monoisotopic (exact) mass is 312 g/mol. The van der Waals surface area contributed by atoms with Crippen LogP contribution in [0.25, 0.3) is 0 Å². The van der Waals surface area contributed by atoms with E-state index < -0.39 is 13.3 Å². The Morgan fingerprint density at radius 2 is 1.88 bits per heavy atom. The van der Waals surface area contributed by atoms with Crippen LogP contribution in [0.3, 0.4) is 0 Å². The second-order valence-corrected chi connectivity index (χ2v) is 3.35. The number of halogens is 2. The van der Waals surface area contributed by atoms with Gasteiger partial charge in [0.05, 0.1) is 4.47 Å². The number of carbonyl (C=O) groups is 1. The quantitative estimate of drug-likeness (QED) is 0.597. The minimum atomic E-state index is -2.17. The summed E-state index contributed by atoms with van der Waals surface area (Å²) in [6.07, 6.45) is 0. The molecule has 0 radical (unpaired) electrons. The molecule has 0 spiro atoms. The van der Waals surface area contributed by atoms with Crippen LogP contribution in [-0.4, -0.2) is 33.5 Å². The van der Waals surface area contributed by atoms with Gasteiger partial charge in [-0.3, -0.25) is 0 Å². The Kier molecular flexibility index (Phi) is 7.10. The van der Waals surface area contributed by atoms with Crippen LogP contribution in [0.4, 0.5) is 0 Å². The molecule has 88 valence electrons. The van der Waals surface area contributed by atoms with Crippen molar-refractivity contribution in [3.05, 3.63) is 28.2 Å². The second-order valence-electron chi connectivity index (χ2n) is 2.35. The van der Waals surface area contributed by atoms with Gasteiger partial charge < -0.3 is 24.5 Å². The molecule has 0 aliphatic rings. The predicted octanol–water partition coefficient (Wildman–Crippen LogP) is 0.628. The Morgan fingerprint density at radius 1 is 1.38 bits per heavy atom.